The van der Waals surface area contributed by atoms with Gasteiger partial charge in [-0.25, -0.2) is 9.97 Å². The molecule has 23 heavy (non-hydrogen) atoms. The molecular formula is C17H21N3O3. The first-order valence-electron chi connectivity index (χ1n) is 8.18. The van der Waals surface area contributed by atoms with Crippen LogP contribution < -0.4 is 4.74 Å². The van der Waals surface area contributed by atoms with Gasteiger partial charge in [0.2, 0.25) is 0 Å². The van der Waals surface area contributed by atoms with Gasteiger partial charge < -0.3 is 13.9 Å². The fourth-order valence-electron chi connectivity index (χ4n) is 3.66. The second kappa shape index (κ2) is 6.68. The molecule has 6 nitrogen and oxygen atoms in total. The van der Waals surface area contributed by atoms with E-state index >= 15 is 0 Å². The normalized spacial score (nSPS) is 27.7. The summed E-state index contributed by atoms with van der Waals surface area (Å²) in [5, 5.41) is 0. The van der Waals surface area contributed by atoms with Gasteiger partial charge in [-0.2, -0.15) is 0 Å². The van der Waals surface area contributed by atoms with Crippen LogP contribution in [0, 0.1) is 5.92 Å². The maximum Gasteiger partial charge on any atom is 0.316 e. The Morgan fingerprint density at radius 1 is 1.22 bits per heavy atom. The molecule has 122 valence electrons. The summed E-state index contributed by atoms with van der Waals surface area (Å²) in [6.45, 7) is 3.18. The third-order valence-electron chi connectivity index (χ3n) is 4.74. The Labute approximate surface area is 135 Å². The Balaban J connectivity index is 1.37. The zero-order chi connectivity index (χ0) is 15.5. The number of ether oxygens (including phenoxy) is 2. The first-order chi connectivity index (χ1) is 11.4. The van der Waals surface area contributed by atoms with Crippen LogP contribution in [0.25, 0.3) is 0 Å². The third-order valence-corrected chi connectivity index (χ3v) is 4.74. The molecule has 1 saturated heterocycles. The number of rotatable bonds is 5. The second-order valence-corrected chi connectivity index (χ2v) is 6.13. The van der Waals surface area contributed by atoms with E-state index < -0.39 is 0 Å². The molecule has 4 rings (SSSR count). The van der Waals surface area contributed by atoms with Crippen molar-refractivity contribution in [2.75, 3.05) is 19.8 Å². The van der Waals surface area contributed by atoms with Gasteiger partial charge in [-0.3, -0.25) is 4.90 Å². The molecule has 6 heteroatoms. The minimum Gasteiger partial charge on any atom is -0.468 e. The zero-order valence-electron chi connectivity index (χ0n) is 13.0. The van der Waals surface area contributed by atoms with Crippen molar-refractivity contribution in [3.63, 3.8) is 0 Å². The second-order valence-electron chi connectivity index (χ2n) is 6.13. The summed E-state index contributed by atoms with van der Waals surface area (Å²) in [7, 11) is 0. The number of morpholine rings is 1. The SMILES string of the molecule is c1cnc(OCC2CC[C@H]3[C@H]2OCCN3Cc2ccco2)nc1. The number of aromatic nitrogens is 2. The van der Waals surface area contributed by atoms with Crippen molar-refractivity contribution in [1.82, 2.24) is 14.9 Å². The highest BCUT2D eigenvalue weighted by Gasteiger charge is 2.43. The van der Waals surface area contributed by atoms with Gasteiger partial charge in [0, 0.05) is 30.9 Å². The number of fused-ring (bicyclic) bond motifs is 1. The largest absolute Gasteiger partial charge is 0.468 e. The lowest BCUT2D eigenvalue weighted by Crippen LogP contribution is -2.50. The van der Waals surface area contributed by atoms with Gasteiger partial charge in [0.1, 0.15) is 5.76 Å². The molecule has 0 bridgehead atoms. The molecule has 2 aliphatic rings. The lowest BCUT2D eigenvalue weighted by atomic mass is 10.0. The Kier molecular flexibility index (Phi) is 4.26. The topological polar surface area (TPSA) is 60.6 Å². The molecule has 3 heterocycles. The summed E-state index contributed by atoms with van der Waals surface area (Å²) in [4.78, 5) is 10.7. The number of hydrogen-bond donors (Lipinski definition) is 0. The number of hydrogen-bond acceptors (Lipinski definition) is 6. The summed E-state index contributed by atoms with van der Waals surface area (Å²) in [5.74, 6) is 1.41. The molecule has 3 atom stereocenters. The molecule has 1 unspecified atom stereocenters. The molecule has 0 spiro atoms. The molecule has 2 aromatic heterocycles. The van der Waals surface area contributed by atoms with Gasteiger partial charge in [-0.05, 0) is 31.0 Å². The van der Waals surface area contributed by atoms with Crippen molar-refractivity contribution in [1.29, 1.82) is 0 Å². The van der Waals surface area contributed by atoms with Crippen LogP contribution in [0.5, 0.6) is 6.01 Å². The maximum absolute atomic E-state index is 6.06. The Bertz CT molecular complexity index is 605. The molecule has 2 fully saturated rings. The van der Waals surface area contributed by atoms with E-state index in [0.717, 1.165) is 38.3 Å². The van der Waals surface area contributed by atoms with Crippen LogP contribution in [0.3, 0.4) is 0 Å². The lowest BCUT2D eigenvalue weighted by Gasteiger charge is -2.38. The minimum absolute atomic E-state index is 0.224. The quantitative estimate of drug-likeness (QED) is 0.842. The van der Waals surface area contributed by atoms with Crippen LogP contribution in [0.15, 0.2) is 41.3 Å². The first-order valence-corrected chi connectivity index (χ1v) is 8.18. The van der Waals surface area contributed by atoms with Crippen molar-refractivity contribution in [2.24, 2.45) is 5.92 Å². The predicted octanol–water partition coefficient (Wildman–Crippen LogP) is 2.13. The van der Waals surface area contributed by atoms with E-state index in [-0.39, 0.29) is 6.10 Å². The van der Waals surface area contributed by atoms with Crippen LogP contribution in [0.4, 0.5) is 0 Å². The van der Waals surface area contributed by atoms with Gasteiger partial charge in [-0.1, -0.05) is 0 Å². The first kappa shape index (κ1) is 14.7. The van der Waals surface area contributed by atoms with Crippen molar-refractivity contribution in [2.45, 2.75) is 31.5 Å². The molecule has 0 N–H and O–H groups in total. The van der Waals surface area contributed by atoms with Gasteiger partial charge in [-0.15, -0.1) is 0 Å². The summed E-state index contributed by atoms with van der Waals surface area (Å²) < 4.78 is 17.3. The Hall–Kier alpha value is -1.92. The van der Waals surface area contributed by atoms with Crippen LogP contribution >= 0.6 is 0 Å². The van der Waals surface area contributed by atoms with Crippen LogP contribution in [0.2, 0.25) is 0 Å². The maximum atomic E-state index is 6.06. The van der Waals surface area contributed by atoms with E-state index in [1.807, 2.05) is 12.1 Å². The van der Waals surface area contributed by atoms with Gasteiger partial charge in [0.05, 0.1) is 32.1 Å². The average Bonchev–Trinajstić information content (AvgIpc) is 3.24. The number of furan rings is 1. The average molecular weight is 315 g/mol. The van der Waals surface area contributed by atoms with Crippen LogP contribution in [-0.4, -0.2) is 46.8 Å². The third kappa shape index (κ3) is 3.23. The molecule has 0 aromatic carbocycles. The Morgan fingerprint density at radius 2 is 2.13 bits per heavy atom. The van der Waals surface area contributed by atoms with Crippen molar-refractivity contribution in [3.05, 3.63) is 42.6 Å². The van der Waals surface area contributed by atoms with E-state index in [1.165, 1.54) is 0 Å². The van der Waals surface area contributed by atoms with Crippen molar-refractivity contribution >= 4 is 0 Å². The van der Waals surface area contributed by atoms with E-state index in [1.54, 1.807) is 24.7 Å². The highest BCUT2D eigenvalue weighted by molar-refractivity contribution is 5.02. The van der Waals surface area contributed by atoms with E-state index in [2.05, 4.69) is 14.9 Å². The molecule has 1 aliphatic carbocycles. The van der Waals surface area contributed by atoms with Gasteiger partial charge in [0.25, 0.3) is 0 Å². The molecule has 2 aromatic rings. The minimum atomic E-state index is 0.224. The standard InChI is InChI=1S/C17H21N3O3/c1-3-14(21-9-1)11-20-8-10-22-16-13(4-5-15(16)20)12-23-17-18-6-2-7-19-17/h1-3,6-7,9,13,15-16H,4-5,8,10-12H2/t13?,15-,16-/m0/s1. The predicted molar refractivity (Wildman–Crippen MR) is 82.9 cm³/mol. The van der Waals surface area contributed by atoms with E-state index in [0.29, 0.717) is 24.6 Å². The summed E-state index contributed by atoms with van der Waals surface area (Å²) in [6, 6.07) is 6.65. The molecule has 0 radical (unpaired) electrons. The highest BCUT2D eigenvalue weighted by Crippen LogP contribution is 2.35. The lowest BCUT2D eigenvalue weighted by molar-refractivity contribution is -0.0833. The number of nitrogens with zero attached hydrogens (tertiary/aromatic N) is 3. The van der Waals surface area contributed by atoms with Crippen LogP contribution in [-0.2, 0) is 11.3 Å². The molecular weight excluding hydrogens is 294 g/mol. The van der Waals surface area contributed by atoms with Crippen LogP contribution in [0.1, 0.15) is 18.6 Å². The molecule has 0 amide bonds. The van der Waals surface area contributed by atoms with Gasteiger partial charge in [0.15, 0.2) is 0 Å². The summed E-state index contributed by atoms with van der Waals surface area (Å²) in [5.41, 5.74) is 0. The Morgan fingerprint density at radius 3 is 2.96 bits per heavy atom. The van der Waals surface area contributed by atoms with Crippen molar-refractivity contribution in [3.8, 4) is 6.01 Å². The zero-order valence-corrected chi connectivity index (χ0v) is 13.0. The summed E-state index contributed by atoms with van der Waals surface area (Å²) >= 11 is 0. The molecule has 1 saturated carbocycles. The van der Waals surface area contributed by atoms with Crippen molar-refractivity contribution < 1.29 is 13.9 Å². The summed E-state index contributed by atoms with van der Waals surface area (Å²) in [6.07, 6.45) is 7.59. The fourth-order valence-corrected chi connectivity index (χ4v) is 3.66. The van der Waals surface area contributed by atoms with E-state index in [4.69, 9.17) is 13.9 Å². The molecule has 1 aliphatic heterocycles. The van der Waals surface area contributed by atoms with Gasteiger partial charge >= 0.3 is 6.01 Å². The fraction of sp³-hybridized carbons (Fsp3) is 0.529. The highest BCUT2D eigenvalue weighted by atomic mass is 16.5. The van der Waals surface area contributed by atoms with E-state index in [9.17, 15) is 0 Å². The smallest absolute Gasteiger partial charge is 0.316 e. The monoisotopic (exact) mass is 315 g/mol.